The second-order valence-electron chi connectivity index (χ2n) is 11.8. The molecule has 9 aromatic rings. The van der Waals surface area contributed by atoms with Gasteiger partial charge < -0.3 is 9.32 Å². The Hall–Kier alpha value is -6.12. The summed E-state index contributed by atoms with van der Waals surface area (Å²) in [5, 5.41) is 7.22. The van der Waals surface area contributed by atoms with Crippen LogP contribution in [0.3, 0.4) is 0 Å². The summed E-state index contributed by atoms with van der Waals surface area (Å²) in [7, 11) is 0. The average Bonchev–Trinajstić information content (AvgIpc) is 3.52. The van der Waals surface area contributed by atoms with Crippen LogP contribution in [0.1, 0.15) is 0 Å². The summed E-state index contributed by atoms with van der Waals surface area (Å²) >= 11 is 0. The lowest BCUT2D eigenvalue weighted by atomic mass is 9.96. The van der Waals surface area contributed by atoms with Gasteiger partial charge in [0.25, 0.3) is 0 Å². The fourth-order valence-electron chi connectivity index (χ4n) is 6.84. The fraction of sp³-hybridized carbons (Fsp3) is 0. The molecule has 0 saturated carbocycles. The van der Waals surface area contributed by atoms with Crippen molar-refractivity contribution < 1.29 is 4.42 Å². The second kappa shape index (κ2) is 10.8. The summed E-state index contributed by atoms with van der Waals surface area (Å²) in [6.45, 7) is 0. The van der Waals surface area contributed by atoms with Crippen LogP contribution in [-0.4, -0.2) is 0 Å². The van der Waals surface area contributed by atoms with Crippen molar-refractivity contribution in [1.29, 1.82) is 0 Å². The van der Waals surface area contributed by atoms with Crippen LogP contribution in [0, 0.1) is 0 Å². The fourth-order valence-corrected chi connectivity index (χ4v) is 6.84. The number of anilines is 3. The molecule has 0 atom stereocenters. The minimum absolute atomic E-state index is 0.926. The van der Waals surface area contributed by atoms with Crippen LogP contribution < -0.4 is 4.90 Å². The van der Waals surface area contributed by atoms with Crippen molar-refractivity contribution in [3.63, 3.8) is 0 Å². The van der Waals surface area contributed by atoms with Crippen LogP contribution >= 0.6 is 0 Å². The lowest BCUT2D eigenvalue weighted by molar-refractivity contribution is 0.669. The lowest BCUT2D eigenvalue weighted by Crippen LogP contribution is -2.10. The number of fused-ring (bicyclic) bond motifs is 6. The van der Waals surface area contributed by atoms with Gasteiger partial charge in [0.05, 0.1) is 0 Å². The highest BCUT2D eigenvalue weighted by Crippen LogP contribution is 2.41. The van der Waals surface area contributed by atoms with E-state index in [0.717, 1.165) is 33.6 Å². The van der Waals surface area contributed by atoms with Crippen LogP contribution in [0.4, 0.5) is 17.1 Å². The molecule has 9 rings (SSSR count). The Morgan fingerprint density at radius 1 is 0.348 bits per heavy atom. The van der Waals surface area contributed by atoms with Crippen molar-refractivity contribution in [2.24, 2.45) is 0 Å². The largest absolute Gasteiger partial charge is 0.456 e. The summed E-state index contributed by atoms with van der Waals surface area (Å²) < 4.78 is 6.14. The quantitative estimate of drug-likeness (QED) is 0.199. The Bertz CT molecular complexity index is 2510. The first-order chi connectivity index (χ1) is 22.8. The molecule has 1 heterocycles. The zero-order valence-electron chi connectivity index (χ0n) is 25.1. The highest BCUT2D eigenvalue weighted by Gasteiger charge is 2.16. The summed E-state index contributed by atoms with van der Waals surface area (Å²) in [5.41, 5.74) is 10.0. The second-order valence-corrected chi connectivity index (χ2v) is 11.8. The van der Waals surface area contributed by atoms with E-state index in [2.05, 4.69) is 169 Å². The van der Waals surface area contributed by atoms with Gasteiger partial charge >= 0.3 is 0 Å². The first-order valence-corrected chi connectivity index (χ1v) is 15.7. The van der Waals surface area contributed by atoms with Crippen LogP contribution in [0.15, 0.2) is 180 Å². The van der Waals surface area contributed by atoms with E-state index in [4.69, 9.17) is 4.42 Å². The van der Waals surface area contributed by atoms with Gasteiger partial charge in [0.1, 0.15) is 11.2 Å². The molecule has 0 aliphatic heterocycles. The molecule has 46 heavy (non-hydrogen) atoms. The standard InChI is InChI=1S/C44H29NO/c1-3-11-31(12-4-1)41-29-37(28-33-13-7-8-16-38(33)41)45(35-14-5-2-6-15-35)36-23-19-30(20-24-36)32-21-25-39-34(27-32)22-26-43-44(39)40-17-9-10-18-42(40)46-43/h1-29H. The Labute approximate surface area is 267 Å². The van der Waals surface area contributed by atoms with E-state index < -0.39 is 0 Å². The van der Waals surface area contributed by atoms with E-state index in [-0.39, 0.29) is 0 Å². The van der Waals surface area contributed by atoms with Gasteiger partial charge in [-0.1, -0.05) is 121 Å². The summed E-state index contributed by atoms with van der Waals surface area (Å²) in [6.07, 6.45) is 0. The highest BCUT2D eigenvalue weighted by molar-refractivity contribution is 6.19. The molecule has 0 N–H and O–H groups in total. The maximum atomic E-state index is 6.14. The number of hydrogen-bond donors (Lipinski definition) is 0. The first kappa shape index (κ1) is 26.3. The SMILES string of the molecule is c1ccc(-c2cc(N(c3ccccc3)c3ccc(-c4ccc5c(ccc6oc7ccccc7c65)c4)cc3)cc3ccccc23)cc1. The van der Waals surface area contributed by atoms with E-state index in [9.17, 15) is 0 Å². The summed E-state index contributed by atoms with van der Waals surface area (Å²) in [4.78, 5) is 2.35. The molecular formula is C44H29NO. The lowest BCUT2D eigenvalue weighted by Gasteiger charge is -2.27. The van der Waals surface area contributed by atoms with Gasteiger partial charge in [0.2, 0.25) is 0 Å². The molecular weight excluding hydrogens is 558 g/mol. The summed E-state index contributed by atoms with van der Waals surface area (Å²) in [6, 6.07) is 62.8. The van der Waals surface area contributed by atoms with Crippen molar-refractivity contribution >= 4 is 60.5 Å². The molecule has 1 aromatic heterocycles. The van der Waals surface area contributed by atoms with Gasteiger partial charge in [-0.25, -0.2) is 0 Å². The van der Waals surface area contributed by atoms with E-state index in [1.54, 1.807) is 0 Å². The Morgan fingerprint density at radius 2 is 1.00 bits per heavy atom. The van der Waals surface area contributed by atoms with Crippen LogP contribution in [0.2, 0.25) is 0 Å². The molecule has 2 heteroatoms. The third-order valence-electron chi connectivity index (χ3n) is 9.02. The zero-order chi connectivity index (χ0) is 30.5. The Morgan fingerprint density at radius 3 is 1.83 bits per heavy atom. The zero-order valence-corrected chi connectivity index (χ0v) is 25.1. The van der Waals surface area contributed by atoms with Crippen LogP contribution in [0.5, 0.6) is 0 Å². The average molecular weight is 588 g/mol. The number of furan rings is 1. The molecule has 0 saturated heterocycles. The molecule has 0 spiro atoms. The van der Waals surface area contributed by atoms with Gasteiger partial charge in [-0.15, -0.1) is 0 Å². The Balaban J connectivity index is 1.15. The van der Waals surface area contributed by atoms with E-state index in [1.165, 1.54) is 49.2 Å². The normalized spacial score (nSPS) is 11.5. The third kappa shape index (κ3) is 4.43. The molecule has 0 radical (unpaired) electrons. The number of hydrogen-bond acceptors (Lipinski definition) is 2. The van der Waals surface area contributed by atoms with E-state index in [1.807, 2.05) is 12.1 Å². The van der Waals surface area contributed by atoms with Gasteiger partial charge in [-0.3, -0.25) is 0 Å². The molecule has 0 aliphatic carbocycles. The van der Waals surface area contributed by atoms with Crippen molar-refractivity contribution in [2.45, 2.75) is 0 Å². The minimum Gasteiger partial charge on any atom is -0.456 e. The molecule has 2 nitrogen and oxygen atoms in total. The molecule has 216 valence electrons. The monoisotopic (exact) mass is 587 g/mol. The molecule has 0 aliphatic rings. The summed E-state index contributed by atoms with van der Waals surface area (Å²) in [5.74, 6) is 0. The number of nitrogens with zero attached hydrogens (tertiary/aromatic N) is 1. The topological polar surface area (TPSA) is 16.4 Å². The predicted molar refractivity (Wildman–Crippen MR) is 194 cm³/mol. The molecule has 0 amide bonds. The van der Waals surface area contributed by atoms with Gasteiger partial charge in [0.15, 0.2) is 0 Å². The molecule has 8 aromatic carbocycles. The van der Waals surface area contributed by atoms with Crippen LogP contribution in [-0.2, 0) is 0 Å². The molecule has 0 fully saturated rings. The number of rotatable bonds is 5. The van der Waals surface area contributed by atoms with Crippen molar-refractivity contribution in [1.82, 2.24) is 0 Å². The number of para-hydroxylation sites is 2. The van der Waals surface area contributed by atoms with Gasteiger partial charge in [-0.05, 0) is 98.4 Å². The maximum absolute atomic E-state index is 6.14. The van der Waals surface area contributed by atoms with E-state index >= 15 is 0 Å². The van der Waals surface area contributed by atoms with E-state index in [0.29, 0.717) is 0 Å². The molecule has 0 bridgehead atoms. The van der Waals surface area contributed by atoms with Crippen LogP contribution in [0.25, 0.3) is 65.7 Å². The predicted octanol–water partition coefficient (Wildman–Crippen LogP) is 12.7. The Kier molecular flexibility index (Phi) is 6.17. The smallest absolute Gasteiger partial charge is 0.136 e. The molecule has 0 unspecified atom stereocenters. The van der Waals surface area contributed by atoms with Gasteiger partial charge in [0, 0.05) is 27.8 Å². The van der Waals surface area contributed by atoms with Gasteiger partial charge in [-0.2, -0.15) is 0 Å². The maximum Gasteiger partial charge on any atom is 0.136 e. The minimum atomic E-state index is 0.926. The first-order valence-electron chi connectivity index (χ1n) is 15.7. The third-order valence-corrected chi connectivity index (χ3v) is 9.02. The van der Waals surface area contributed by atoms with Crippen molar-refractivity contribution in [2.75, 3.05) is 4.90 Å². The highest BCUT2D eigenvalue weighted by atomic mass is 16.3. The number of benzene rings is 8. The van der Waals surface area contributed by atoms with Crippen molar-refractivity contribution in [3.05, 3.63) is 176 Å². The van der Waals surface area contributed by atoms with Crippen molar-refractivity contribution in [3.8, 4) is 22.3 Å².